The van der Waals surface area contributed by atoms with Crippen molar-refractivity contribution < 1.29 is 14.0 Å². The Morgan fingerprint density at radius 1 is 1.11 bits per heavy atom. The molecule has 28 heavy (non-hydrogen) atoms. The summed E-state index contributed by atoms with van der Waals surface area (Å²) in [4.78, 5) is 27.7. The fourth-order valence-corrected chi connectivity index (χ4v) is 3.54. The Morgan fingerprint density at radius 3 is 2.50 bits per heavy atom. The normalized spacial score (nSPS) is 14.8. The van der Waals surface area contributed by atoms with E-state index < -0.39 is 5.82 Å². The summed E-state index contributed by atoms with van der Waals surface area (Å²) in [5, 5.41) is 3.62. The number of halogens is 3. The highest BCUT2D eigenvalue weighted by atomic mass is 35.5. The van der Waals surface area contributed by atoms with Gasteiger partial charge in [-0.15, -0.1) is 0 Å². The SMILES string of the molecule is CC(=O)Nc1ccc(F)c(C(=O)N2CCN(Cc3cccc(Cl)c3Cl)CC2)c1. The molecule has 5 nitrogen and oxygen atoms in total. The number of carbonyl (C=O) groups excluding carboxylic acids is 2. The predicted molar refractivity (Wildman–Crippen MR) is 108 cm³/mol. The van der Waals surface area contributed by atoms with Crippen LogP contribution in [0, 0.1) is 5.82 Å². The van der Waals surface area contributed by atoms with Crippen molar-refractivity contribution in [3.63, 3.8) is 0 Å². The molecule has 2 amide bonds. The molecular weight excluding hydrogens is 404 g/mol. The van der Waals surface area contributed by atoms with Gasteiger partial charge in [0.25, 0.3) is 5.91 Å². The molecule has 0 radical (unpaired) electrons. The summed E-state index contributed by atoms with van der Waals surface area (Å²) in [6, 6.07) is 9.52. The molecule has 0 saturated carbocycles. The monoisotopic (exact) mass is 423 g/mol. The van der Waals surface area contributed by atoms with Gasteiger partial charge >= 0.3 is 0 Å². The zero-order valence-electron chi connectivity index (χ0n) is 15.3. The second kappa shape index (κ2) is 8.90. The van der Waals surface area contributed by atoms with Crippen molar-refractivity contribution in [1.82, 2.24) is 9.80 Å². The summed E-state index contributed by atoms with van der Waals surface area (Å²) < 4.78 is 14.2. The summed E-state index contributed by atoms with van der Waals surface area (Å²) in [7, 11) is 0. The number of amides is 2. The third-order valence-corrected chi connectivity index (χ3v) is 5.46. The second-order valence-electron chi connectivity index (χ2n) is 6.66. The van der Waals surface area contributed by atoms with Gasteiger partial charge in [-0.05, 0) is 29.8 Å². The van der Waals surface area contributed by atoms with Crippen molar-refractivity contribution in [3.05, 3.63) is 63.4 Å². The second-order valence-corrected chi connectivity index (χ2v) is 7.44. The average Bonchev–Trinajstić information content (AvgIpc) is 2.67. The number of carbonyl (C=O) groups is 2. The molecule has 0 spiro atoms. The maximum Gasteiger partial charge on any atom is 0.256 e. The zero-order chi connectivity index (χ0) is 20.3. The number of hydrogen-bond acceptors (Lipinski definition) is 3. The molecule has 2 aromatic carbocycles. The van der Waals surface area contributed by atoms with Crippen LogP contribution in [-0.4, -0.2) is 47.8 Å². The van der Waals surface area contributed by atoms with E-state index in [9.17, 15) is 14.0 Å². The lowest BCUT2D eigenvalue weighted by molar-refractivity contribution is -0.114. The lowest BCUT2D eigenvalue weighted by Gasteiger charge is -2.35. The van der Waals surface area contributed by atoms with E-state index in [0.29, 0.717) is 48.5 Å². The van der Waals surface area contributed by atoms with Crippen molar-refractivity contribution in [2.45, 2.75) is 13.5 Å². The molecule has 2 aromatic rings. The average molecular weight is 424 g/mol. The largest absolute Gasteiger partial charge is 0.336 e. The maximum atomic E-state index is 14.2. The van der Waals surface area contributed by atoms with Crippen molar-refractivity contribution in [2.75, 3.05) is 31.5 Å². The van der Waals surface area contributed by atoms with Crippen LogP contribution in [0.25, 0.3) is 0 Å². The number of anilines is 1. The lowest BCUT2D eigenvalue weighted by Crippen LogP contribution is -2.48. The molecule has 0 bridgehead atoms. The van der Waals surface area contributed by atoms with E-state index in [1.807, 2.05) is 12.1 Å². The van der Waals surface area contributed by atoms with Gasteiger partial charge < -0.3 is 10.2 Å². The summed E-state index contributed by atoms with van der Waals surface area (Å²) >= 11 is 12.3. The number of nitrogens with one attached hydrogen (secondary N) is 1. The third kappa shape index (κ3) is 4.82. The van der Waals surface area contributed by atoms with Crippen molar-refractivity contribution in [1.29, 1.82) is 0 Å². The molecule has 1 heterocycles. The molecule has 148 valence electrons. The first-order chi connectivity index (χ1) is 13.3. The fraction of sp³-hybridized carbons (Fsp3) is 0.300. The van der Waals surface area contributed by atoms with E-state index in [-0.39, 0.29) is 17.4 Å². The minimum absolute atomic E-state index is 0.0439. The summed E-state index contributed by atoms with van der Waals surface area (Å²) in [5.41, 5.74) is 1.28. The molecule has 3 rings (SSSR count). The molecule has 1 N–H and O–H groups in total. The number of rotatable bonds is 4. The van der Waals surface area contributed by atoms with Gasteiger partial charge in [0.15, 0.2) is 0 Å². The Labute approximate surface area is 173 Å². The lowest BCUT2D eigenvalue weighted by atomic mass is 10.1. The minimum Gasteiger partial charge on any atom is -0.336 e. The van der Waals surface area contributed by atoms with Gasteiger partial charge in [0, 0.05) is 45.3 Å². The van der Waals surface area contributed by atoms with Gasteiger partial charge in [-0.25, -0.2) is 4.39 Å². The van der Waals surface area contributed by atoms with Crippen LogP contribution < -0.4 is 5.32 Å². The van der Waals surface area contributed by atoms with Gasteiger partial charge in [-0.1, -0.05) is 35.3 Å². The van der Waals surface area contributed by atoms with Gasteiger partial charge in [0.1, 0.15) is 5.82 Å². The summed E-state index contributed by atoms with van der Waals surface area (Å²) in [5.74, 6) is -1.27. The van der Waals surface area contributed by atoms with E-state index in [2.05, 4.69) is 10.2 Å². The fourth-order valence-electron chi connectivity index (χ4n) is 3.16. The van der Waals surface area contributed by atoms with Crippen LogP contribution in [0.1, 0.15) is 22.8 Å². The van der Waals surface area contributed by atoms with E-state index in [4.69, 9.17) is 23.2 Å². The van der Waals surface area contributed by atoms with Crippen LogP contribution in [0.3, 0.4) is 0 Å². The highest BCUT2D eigenvalue weighted by molar-refractivity contribution is 6.42. The van der Waals surface area contributed by atoms with Gasteiger partial charge in [0.05, 0.1) is 15.6 Å². The van der Waals surface area contributed by atoms with Crippen LogP contribution >= 0.6 is 23.2 Å². The standard InChI is InChI=1S/C20H20Cl2FN3O2/c1-13(27)24-15-5-6-18(23)16(11-15)20(28)26-9-7-25(8-10-26)12-14-3-2-4-17(21)19(14)22/h2-6,11H,7-10,12H2,1H3,(H,24,27). The predicted octanol–water partition coefficient (Wildman–Crippen LogP) is 4.05. The van der Waals surface area contributed by atoms with Gasteiger partial charge in [0.2, 0.25) is 5.91 Å². The van der Waals surface area contributed by atoms with Crippen molar-refractivity contribution >= 4 is 40.7 Å². The van der Waals surface area contributed by atoms with Crippen LogP contribution in [0.15, 0.2) is 36.4 Å². The zero-order valence-corrected chi connectivity index (χ0v) is 16.9. The van der Waals surface area contributed by atoms with Crippen LogP contribution in [0.5, 0.6) is 0 Å². The Hall–Kier alpha value is -2.15. The molecule has 0 atom stereocenters. The first kappa shape index (κ1) is 20.6. The van der Waals surface area contributed by atoms with Crippen LogP contribution in [0.2, 0.25) is 10.0 Å². The number of benzene rings is 2. The molecular formula is C20H20Cl2FN3O2. The summed E-state index contributed by atoms with van der Waals surface area (Å²) in [6.07, 6.45) is 0. The Morgan fingerprint density at radius 2 is 1.82 bits per heavy atom. The highest BCUT2D eigenvalue weighted by Gasteiger charge is 2.25. The first-order valence-corrected chi connectivity index (χ1v) is 9.62. The molecule has 1 aliphatic heterocycles. The number of piperazine rings is 1. The van der Waals surface area contributed by atoms with Crippen LogP contribution in [0.4, 0.5) is 10.1 Å². The molecule has 1 fully saturated rings. The Bertz CT molecular complexity index is 899. The quantitative estimate of drug-likeness (QED) is 0.806. The maximum absolute atomic E-state index is 14.2. The van der Waals surface area contributed by atoms with E-state index in [1.165, 1.54) is 25.1 Å². The molecule has 0 aromatic heterocycles. The topological polar surface area (TPSA) is 52.7 Å². The number of hydrogen-bond donors (Lipinski definition) is 1. The van der Waals surface area contributed by atoms with E-state index >= 15 is 0 Å². The molecule has 1 aliphatic rings. The molecule has 0 aliphatic carbocycles. The Kier molecular flexibility index (Phi) is 6.54. The van der Waals surface area contributed by atoms with Crippen LogP contribution in [-0.2, 0) is 11.3 Å². The Balaban J connectivity index is 1.64. The summed E-state index contributed by atoms with van der Waals surface area (Å²) in [6.45, 7) is 4.22. The molecule has 0 unspecified atom stereocenters. The number of nitrogens with zero attached hydrogens (tertiary/aromatic N) is 2. The van der Waals surface area contributed by atoms with E-state index in [0.717, 1.165) is 5.56 Å². The molecule has 8 heteroatoms. The van der Waals surface area contributed by atoms with E-state index in [1.54, 1.807) is 11.0 Å². The van der Waals surface area contributed by atoms with Crippen molar-refractivity contribution in [2.24, 2.45) is 0 Å². The van der Waals surface area contributed by atoms with Gasteiger partial charge in [-0.3, -0.25) is 14.5 Å². The van der Waals surface area contributed by atoms with Gasteiger partial charge in [-0.2, -0.15) is 0 Å². The molecule has 1 saturated heterocycles. The smallest absolute Gasteiger partial charge is 0.256 e. The van der Waals surface area contributed by atoms with Crippen molar-refractivity contribution in [3.8, 4) is 0 Å². The first-order valence-electron chi connectivity index (χ1n) is 8.87. The minimum atomic E-state index is -0.604. The third-order valence-electron chi connectivity index (χ3n) is 4.60. The highest BCUT2D eigenvalue weighted by Crippen LogP contribution is 2.27.